The summed E-state index contributed by atoms with van der Waals surface area (Å²) >= 11 is 3.64. The van der Waals surface area contributed by atoms with Crippen LogP contribution in [0, 0.1) is 6.92 Å². The highest BCUT2D eigenvalue weighted by molar-refractivity contribution is 9.10. The van der Waals surface area contributed by atoms with E-state index in [1.165, 1.54) is 0 Å². The minimum atomic E-state index is -0.368. The van der Waals surface area contributed by atoms with E-state index in [-0.39, 0.29) is 18.3 Å². The third-order valence-corrected chi connectivity index (χ3v) is 5.16. The first-order chi connectivity index (χ1) is 10.2. The van der Waals surface area contributed by atoms with Crippen LogP contribution in [0.15, 0.2) is 34.9 Å². The fourth-order valence-corrected chi connectivity index (χ4v) is 2.93. The quantitative estimate of drug-likeness (QED) is 0.769. The zero-order valence-corrected chi connectivity index (χ0v) is 15.1. The third kappa shape index (κ3) is 2.64. The fraction of sp³-hybridized carbons (Fsp3) is 0.438. The Balaban J connectivity index is 1.91. The highest BCUT2D eigenvalue weighted by Crippen LogP contribution is 2.37. The van der Waals surface area contributed by atoms with Gasteiger partial charge in [-0.3, -0.25) is 0 Å². The van der Waals surface area contributed by atoms with Crippen molar-refractivity contribution in [2.45, 2.75) is 45.8 Å². The van der Waals surface area contributed by atoms with Crippen molar-refractivity contribution >= 4 is 28.5 Å². The van der Waals surface area contributed by atoms with E-state index in [1.54, 1.807) is 0 Å². The largest absolute Gasteiger partial charge is 0.495 e. The van der Waals surface area contributed by atoms with E-state index in [9.17, 15) is 0 Å². The molecule has 0 N–H and O–H groups in total. The molecule has 1 aliphatic heterocycles. The van der Waals surface area contributed by atoms with Crippen LogP contribution >= 0.6 is 15.9 Å². The number of nitrogens with zero attached hydrogens (tertiary/aromatic N) is 2. The van der Waals surface area contributed by atoms with Crippen molar-refractivity contribution in [2.75, 3.05) is 0 Å². The topological polar surface area (TPSA) is 36.3 Å². The van der Waals surface area contributed by atoms with Gasteiger partial charge in [0.25, 0.3) is 0 Å². The van der Waals surface area contributed by atoms with Crippen LogP contribution in [0.5, 0.6) is 0 Å². The first kappa shape index (κ1) is 15.8. The Morgan fingerprint density at radius 1 is 1.09 bits per heavy atom. The van der Waals surface area contributed by atoms with Crippen LogP contribution in [-0.2, 0) is 9.31 Å². The van der Waals surface area contributed by atoms with Gasteiger partial charge in [0.1, 0.15) is 0 Å². The summed E-state index contributed by atoms with van der Waals surface area (Å²) < 4.78 is 15.0. The van der Waals surface area contributed by atoms with Gasteiger partial charge in [0.15, 0.2) is 0 Å². The lowest BCUT2D eigenvalue weighted by molar-refractivity contribution is 0.00578. The van der Waals surface area contributed by atoms with Crippen LogP contribution in [0.3, 0.4) is 0 Å². The molecule has 1 fully saturated rings. The molecule has 1 aromatic carbocycles. The summed E-state index contributed by atoms with van der Waals surface area (Å²) in [4.78, 5) is 0. The molecule has 1 aromatic heterocycles. The number of aryl methyl sites for hydroxylation is 1. The number of rotatable bonds is 2. The molecule has 4 nitrogen and oxygen atoms in total. The second-order valence-electron chi connectivity index (χ2n) is 6.70. The van der Waals surface area contributed by atoms with E-state index in [2.05, 4.69) is 48.7 Å². The van der Waals surface area contributed by atoms with E-state index in [4.69, 9.17) is 9.31 Å². The van der Waals surface area contributed by atoms with Gasteiger partial charge < -0.3 is 9.31 Å². The predicted octanol–water partition coefficient (Wildman–Crippen LogP) is 3.24. The molecule has 0 bridgehead atoms. The Bertz CT molecular complexity index is 696. The number of hydrogen-bond donors (Lipinski definition) is 0. The number of hydrogen-bond acceptors (Lipinski definition) is 3. The summed E-state index contributed by atoms with van der Waals surface area (Å²) in [6, 6.07) is 8.07. The Labute approximate surface area is 140 Å². The Kier molecular flexibility index (Phi) is 3.74. The van der Waals surface area contributed by atoms with Crippen molar-refractivity contribution in [1.82, 2.24) is 9.78 Å². The van der Waals surface area contributed by atoms with Crippen molar-refractivity contribution in [1.29, 1.82) is 0 Å². The van der Waals surface area contributed by atoms with Gasteiger partial charge in [0, 0.05) is 10.7 Å². The molecule has 1 aliphatic rings. The molecule has 3 rings (SSSR count). The lowest BCUT2D eigenvalue weighted by atomic mass is 9.79. The van der Waals surface area contributed by atoms with Gasteiger partial charge in [0.2, 0.25) is 0 Å². The molecule has 2 heterocycles. The summed E-state index contributed by atoms with van der Waals surface area (Å²) in [5, 5.41) is 4.43. The summed E-state index contributed by atoms with van der Waals surface area (Å²) in [5.41, 5.74) is 2.31. The average Bonchev–Trinajstić information content (AvgIpc) is 2.91. The zero-order valence-electron chi connectivity index (χ0n) is 13.6. The van der Waals surface area contributed by atoms with Gasteiger partial charge in [-0.25, -0.2) is 4.68 Å². The van der Waals surface area contributed by atoms with E-state index >= 15 is 0 Å². The molecule has 0 atom stereocenters. The third-order valence-electron chi connectivity index (χ3n) is 4.48. The Morgan fingerprint density at radius 2 is 1.73 bits per heavy atom. The highest BCUT2D eigenvalue weighted by atomic mass is 79.9. The molecular formula is C16H20BBrN2O2. The molecular weight excluding hydrogens is 343 g/mol. The van der Waals surface area contributed by atoms with E-state index < -0.39 is 0 Å². The number of halogens is 1. The maximum absolute atomic E-state index is 6.11. The lowest BCUT2D eigenvalue weighted by Gasteiger charge is -2.32. The van der Waals surface area contributed by atoms with Gasteiger partial charge >= 0.3 is 7.12 Å². The molecule has 6 heteroatoms. The summed E-state index contributed by atoms with van der Waals surface area (Å²) in [6.45, 7) is 10.2. The summed E-state index contributed by atoms with van der Waals surface area (Å²) in [5.74, 6) is 0. The summed E-state index contributed by atoms with van der Waals surface area (Å²) in [7, 11) is -0.368. The molecule has 0 saturated carbocycles. The lowest BCUT2D eigenvalue weighted by Crippen LogP contribution is -2.41. The van der Waals surface area contributed by atoms with E-state index in [0.29, 0.717) is 0 Å². The van der Waals surface area contributed by atoms with Gasteiger partial charge in [-0.05, 0) is 58.3 Å². The van der Waals surface area contributed by atoms with Gasteiger partial charge in [-0.1, -0.05) is 22.0 Å². The number of aromatic nitrogens is 2. The minimum Gasteiger partial charge on any atom is -0.399 e. The monoisotopic (exact) mass is 362 g/mol. The standard InChI is InChI=1S/C16H20BBrN2O2/c1-11-8-9-20(19-11)12-6-7-13(14(18)10-12)17-21-15(2,3)16(4,5)22-17/h6-10H,1-5H3. The highest BCUT2D eigenvalue weighted by Gasteiger charge is 2.52. The average molecular weight is 363 g/mol. The second-order valence-corrected chi connectivity index (χ2v) is 7.55. The SMILES string of the molecule is Cc1ccn(-c2ccc(B3OC(C)(C)C(C)(C)O3)c(Br)c2)n1. The molecule has 0 unspecified atom stereocenters. The van der Waals surface area contributed by atoms with Crippen LogP contribution in [0.25, 0.3) is 5.69 Å². The van der Waals surface area contributed by atoms with E-state index in [1.807, 2.05) is 42.1 Å². The Hall–Kier alpha value is -1.11. The van der Waals surface area contributed by atoms with Crippen LogP contribution < -0.4 is 5.46 Å². The predicted molar refractivity (Wildman–Crippen MR) is 91.7 cm³/mol. The van der Waals surface area contributed by atoms with Crippen molar-refractivity contribution in [3.8, 4) is 5.69 Å². The van der Waals surface area contributed by atoms with Crippen molar-refractivity contribution < 1.29 is 9.31 Å². The first-order valence-electron chi connectivity index (χ1n) is 7.37. The van der Waals surface area contributed by atoms with Gasteiger partial charge in [-0.15, -0.1) is 0 Å². The van der Waals surface area contributed by atoms with Crippen LogP contribution in [0.1, 0.15) is 33.4 Å². The minimum absolute atomic E-state index is 0.338. The Morgan fingerprint density at radius 3 is 2.23 bits per heavy atom. The molecule has 0 aliphatic carbocycles. The number of benzene rings is 1. The van der Waals surface area contributed by atoms with Gasteiger partial charge in [0.05, 0.1) is 22.6 Å². The second kappa shape index (κ2) is 5.22. The molecule has 116 valence electrons. The van der Waals surface area contributed by atoms with Crippen molar-refractivity contribution in [3.05, 3.63) is 40.6 Å². The van der Waals surface area contributed by atoms with Crippen LogP contribution in [0.4, 0.5) is 0 Å². The molecule has 0 radical (unpaired) electrons. The zero-order chi connectivity index (χ0) is 16.1. The molecule has 0 spiro atoms. The first-order valence-corrected chi connectivity index (χ1v) is 8.17. The molecule has 2 aromatic rings. The fourth-order valence-electron chi connectivity index (χ4n) is 2.38. The summed E-state index contributed by atoms with van der Waals surface area (Å²) in [6.07, 6.45) is 1.95. The maximum Gasteiger partial charge on any atom is 0.495 e. The molecule has 0 amide bonds. The smallest absolute Gasteiger partial charge is 0.399 e. The maximum atomic E-state index is 6.11. The molecule has 1 saturated heterocycles. The normalized spacial score (nSPS) is 19.6. The van der Waals surface area contributed by atoms with Crippen molar-refractivity contribution in [2.24, 2.45) is 0 Å². The van der Waals surface area contributed by atoms with Crippen LogP contribution in [-0.4, -0.2) is 28.1 Å². The molecule has 22 heavy (non-hydrogen) atoms. The van der Waals surface area contributed by atoms with Gasteiger partial charge in [-0.2, -0.15) is 5.10 Å². The van der Waals surface area contributed by atoms with Crippen molar-refractivity contribution in [3.63, 3.8) is 0 Å². The van der Waals surface area contributed by atoms with Crippen LogP contribution in [0.2, 0.25) is 0 Å². The van der Waals surface area contributed by atoms with E-state index in [0.717, 1.165) is 21.3 Å².